The van der Waals surface area contributed by atoms with Crippen molar-refractivity contribution >= 4 is 0 Å². The molecule has 0 amide bonds. The molecule has 0 radical (unpaired) electrons. The van der Waals surface area contributed by atoms with Crippen LogP contribution in [0.3, 0.4) is 0 Å². The van der Waals surface area contributed by atoms with Crippen molar-refractivity contribution in [2.24, 2.45) is 5.41 Å². The molecule has 48 valence electrons. The fourth-order valence-corrected chi connectivity index (χ4v) is 0.370. The predicted molar refractivity (Wildman–Crippen MR) is 30.2 cm³/mol. The van der Waals surface area contributed by atoms with Crippen LogP contribution in [-0.2, 0) is 0 Å². The summed E-state index contributed by atoms with van der Waals surface area (Å²) in [4.78, 5) is 0. The van der Waals surface area contributed by atoms with E-state index in [9.17, 15) is 5.11 Å². The van der Waals surface area contributed by atoms with E-state index in [-0.39, 0.29) is 24.3 Å². The Labute approximate surface area is 67.8 Å². The van der Waals surface area contributed by atoms with Crippen LogP contribution in [0.15, 0.2) is 12.0 Å². The molecule has 2 nitrogen and oxygen atoms in total. The van der Waals surface area contributed by atoms with E-state index < -0.39 is 5.95 Å². The van der Waals surface area contributed by atoms with Crippen LogP contribution < -0.4 is 24.0 Å². The number of rotatable bonds is 0. The summed E-state index contributed by atoms with van der Waals surface area (Å²) in [6, 6.07) is 0. The predicted octanol–water partition coefficient (Wildman–Crippen LogP) is -2.20. The number of aliphatic hydroxyl groups is 1. The minimum absolute atomic E-state index is 0. The molecule has 0 heterocycles. The monoisotopic (exact) mass is 122 g/mol. The van der Waals surface area contributed by atoms with E-state index >= 15 is 0 Å². The Balaban J connectivity index is 0. The molecule has 0 aromatic heterocycles. The Morgan fingerprint density at radius 2 is 1.78 bits per heavy atom. The second-order valence-corrected chi connectivity index (χ2v) is 2.85. The van der Waals surface area contributed by atoms with Crippen molar-refractivity contribution in [3.8, 4) is 0 Å². The van der Waals surface area contributed by atoms with Gasteiger partial charge in [-0.15, -0.1) is 0 Å². The topological polar surface area (TPSA) is 43.3 Å². The summed E-state index contributed by atoms with van der Waals surface area (Å²) < 4.78 is 0. The summed E-state index contributed by atoms with van der Waals surface area (Å²) in [5.74, 6) is -0.850. The van der Waals surface area contributed by atoms with Crippen LogP contribution in [0.4, 0.5) is 0 Å². The Morgan fingerprint density at radius 1 is 1.44 bits per heavy atom. The van der Waals surface area contributed by atoms with E-state index in [0.717, 1.165) is 0 Å². The van der Waals surface area contributed by atoms with Gasteiger partial charge in [0.2, 0.25) is 0 Å². The molecule has 0 atom stereocenters. The van der Waals surface area contributed by atoms with Gasteiger partial charge in [0.05, 0.1) is 0 Å². The molecule has 3 heteroatoms. The molecule has 0 bridgehead atoms. The molecule has 0 aromatic rings. The fourth-order valence-electron chi connectivity index (χ4n) is 0.370. The van der Waals surface area contributed by atoms with E-state index in [4.69, 9.17) is 5.11 Å². The van der Waals surface area contributed by atoms with Gasteiger partial charge in [-0.1, -0.05) is 26.8 Å². The van der Waals surface area contributed by atoms with Gasteiger partial charge in [0.25, 0.3) is 0 Å². The molecule has 0 rings (SSSR count). The Morgan fingerprint density at radius 3 is 1.78 bits per heavy atom. The van der Waals surface area contributed by atoms with Gasteiger partial charge in [0.1, 0.15) is 0 Å². The number of aliphatic hydroxyl groups excluding tert-OH is 1. The quantitative estimate of drug-likeness (QED) is 0.292. The molecule has 0 aromatic carbocycles. The Hall–Kier alpha value is -0.0626. The Kier molecular flexibility index (Phi) is 5.03. The maximum Gasteiger partial charge on any atom is 1.00 e. The average molecular weight is 122 g/mol. The van der Waals surface area contributed by atoms with Crippen LogP contribution in [-0.4, -0.2) is 5.11 Å². The van der Waals surface area contributed by atoms with Crippen LogP contribution in [0.1, 0.15) is 20.8 Å². The van der Waals surface area contributed by atoms with Gasteiger partial charge in [-0.2, -0.15) is 0 Å². The SMILES string of the molecule is CC(C)(C)/C=C(/[O-])O.[Li+]. The molecular formula is C6H11LiO2. The van der Waals surface area contributed by atoms with Crippen LogP contribution in [0.5, 0.6) is 0 Å². The first-order valence-corrected chi connectivity index (χ1v) is 2.51. The van der Waals surface area contributed by atoms with Crippen molar-refractivity contribution in [3.05, 3.63) is 12.0 Å². The van der Waals surface area contributed by atoms with Gasteiger partial charge in [-0.3, -0.25) is 0 Å². The second kappa shape index (κ2) is 3.87. The number of hydrogen-bond donors (Lipinski definition) is 1. The summed E-state index contributed by atoms with van der Waals surface area (Å²) >= 11 is 0. The van der Waals surface area contributed by atoms with E-state index in [0.29, 0.717) is 0 Å². The number of hydrogen-bond acceptors (Lipinski definition) is 2. The molecule has 0 aliphatic rings. The molecule has 1 N–H and O–H groups in total. The summed E-state index contributed by atoms with van der Waals surface area (Å²) in [7, 11) is 0. The van der Waals surface area contributed by atoms with E-state index in [1.165, 1.54) is 6.08 Å². The average Bonchev–Trinajstić information content (AvgIpc) is 1.21. The van der Waals surface area contributed by atoms with Crippen molar-refractivity contribution in [1.82, 2.24) is 0 Å². The summed E-state index contributed by atoms with van der Waals surface area (Å²) in [5, 5.41) is 18.2. The summed E-state index contributed by atoms with van der Waals surface area (Å²) in [5.41, 5.74) is -0.203. The van der Waals surface area contributed by atoms with Crippen LogP contribution >= 0.6 is 0 Å². The fraction of sp³-hybridized carbons (Fsp3) is 0.667. The van der Waals surface area contributed by atoms with E-state index in [1.807, 2.05) is 20.8 Å². The second-order valence-electron chi connectivity index (χ2n) is 2.85. The third kappa shape index (κ3) is 11.5. The first kappa shape index (κ1) is 11.7. The van der Waals surface area contributed by atoms with Gasteiger partial charge in [0.15, 0.2) is 0 Å². The summed E-state index contributed by atoms with van der Waals surface area (Å²) in [6.45, 7) is 5.54. The van der Waals surface area contributed by atoms with Crippen LogP contribution in [0, 0.1) is 5.41 Å². The minimum Gasteiger partial charge on any atom is -0.629 e. The largest absolute Gasteiger partial charge is 1.00 e. The van der Waals surface area contributed by atoms with Crippen molar-refractivity contribution in [2.75, 3.05) is 0 Å². The van der Waals surface area contributed by atoms with Crippen molar-refractivity contribution in [1.29, 1.82) is 0 Å². The number of allylic oxidation sites excluding steroid dienone is 1. The first-order chi connectivity index (χ1) is 3.42. The normalized spacial score (nSPS) is 12.6. The van der Waals surface area contributed by atoms with Gasteiger partial charge in [0, 0.05) is 5.95 Å². The van der Waals surface area contributed by atoms with Crippen molar-refractivity contribution in [2.45, 2.75) is 20.8 Å². The molecule has 9 heavy (non-hydrogen) atoms. The first-order valence-electron chi connectivity index (χ1n) is 2.51. The van der Waals surface area contributed by atoms with Gasteiger partial charge < -0.3 is 10.2 Å². The zero-order chi connectivity index (χ0) is 6.78. The smallest absolute Gasteiger partial charge is 0.629 e. The zero-order valence-corrected chi connectivity index (χ0v) is 6.43. The standard InChI is InChI=1S/C6H12O2.Li/c1-6(2,3)4-5(7)8;/h4,7-8H,1-3H3;/q;+1/p-1. The van der Waals surface area contributed by atoms with Crippen LogP contribution in [0.2, 0.25) is 0 Å². The Bertz CT molecular complexity index is 98.1. The van der Waals surface area contributed by atoms with Gasteiger partial charge >= 0.3 is 18.9 Å². The van der Waals surface area contributed by atoms with E-state index in [1.54, 1.807) is 0 Å². The van der Waals surface area contributed by atoms with Gasteiger partial charge in [-0.05, 0) is 5.41 Å². The van der Waals surface area contributed by atoms with Gasteiger partial charge in [-0.25, -0.2) is 0 Å². The minimum atomic E-state index is -0.850. The molecule has 0 fully saturated rings. The maximum atomic E-state index is 9.96. The van der Waals surface area contributed by atoms with E-state index in [2.05, 4.69) is 0 Å². The molecule has 0 saturated heterocycles. The third-order valence-electron chi connectivity index (χ3n) is 0.556. The zero-order valence-electron chi connectivity index (χ0n) is 6.43. The molecule has 0 aliphatic carbocycles. The van der Waals surface area contributed by atoms with Crippen molar-refractivity contribution in [3.63, 3.8) is 0 Å². The third-order valence-corrected chi connectivity index (χ3v) is 0.556. The molecule has 0 unspecified atom stereocenters. The molecule has 0 aliphatic heterocycles. The van der Waals surface area contributed by atoms with Crippen molar-refractivity contribution < 1.29 is 29.1 Å². The molecule has 0 saturated carbocycles. The maximum absolute atomic E-state index is 9.96. The molecular weight excluding hydrogens is 111 g/mol. The molecule has 0 spiro atoms. The van der Waals surface area contributed by atoms with Crippen LogP contribution in [0.25, 0.3) is 0 Å². The summed E-state index contributed by atoms with van der Waals surface area (Å²) in [6.07, 6.45) is 1.27.